The summed E-state index contributed by atoms with van der Waals surface area (Å²) in [6.45, 7) is 0.590. The third kappa shape index (κ3) is 3.98. The minimum Gasteiger partial charge on any atom is -0.476 e. The van der Waals surface area contributed by atoms with Crippen molar-refractivity contribution in [3.8, 4) is 5.88 Å². The van der Waals surface area contributed by atoms with Gasteiger partial charge in [0.05, 0.1) is 6.61 Å². The molecule has 1 aliphatic rings. The third-order valence-electron chi connectivity index (χ3n) is 3.99. The molecule has 0 spiro atoms. The zero-order chi connectivity index (χ0) is 16.1. The van der Waals surface area contributed by atoms with Crippen molar-refractivity contribution in [1.29, 1.82) is 0 Å². The summed E-state index contributed by atoms with van der Waals surface area (Å²) < 4.78 is 10.0. The van der Waals surface area contributed by atoms with Crippen molar-refractivity contribution >= 4 is 28.3 Å². The minimum absolute atomic E-state index is 0.302. The molecule has 1 amide bonds. The van der Waals surface area contributed by atoms with E-state index in [9.17, 15) is 4.79 Å². The highest BCUT2D eigenvalue weighted by atomic mass is 32.1. The lowest BCUT2D eigenvalue weighted by molar-refractivity contribution is 0.0995. The Morgan fingerprint density at radius 2 is 2.17 bits per heavy atom. The first kappa shape index (κ1) is 15.7. The summed E-state index contributed by atoms with van der Waals surface area (Å²) in [5.41, 5.74) is 5.81. The maximum absolute atomic E-state index is 11.8. The number of nitrogens with one attached hydrogen (secondary N) is 1. The van der Waals surface area contributed by atoms with Crippen molar-refractivity contribution in [2.24, 2.45) is 11.7 Å². The van der Waals surface area contributed by atoms with Crippen LogP contribution in [0.5, 0.6) is 5.88 Å². The van der Waals surface area contributed by atoms with E-state index in [1.54, 1.807) is 6.20 Å². The Bertz CT molecular complexity index is 653. The number of nitrogens with zero attached hydrogens (tertiary/aromatic N) is 2. The second kappa shape index (κ2) is 7.41. The van der Waals surface area contributed by atoms with E-state index >= 15 is 0 Å². The molecule has 0 unspecified atom stereocenters. The van der Waals surface area contributed by atoms with Gasteiger partial charge in [-0.1, -0.05) is 25.3 Å². The highest BCUT2D eigenvalue weighted by Gasteiger charge is 2.22. The number of rotatable bonds is 6. The van der Waals surface area contributed by atoms with Gasteiger partial charge in [0.2, 0.25) is 5.88 Å². The highest BCUT2D eigenvalue weighted by Crippen LogP contribution is 2.33. The van der Waals surface area contributed by atoms with Crippen LogP contribution in [0, 0.1) is 5.92 Å². The molecule has 2 aromatic heterocycles. The van der Waals surface area contributed by atoms with E-state index in [1.807, 2.05) is 18.2 Å². The van der Waals surface area contributed by atoms with Crippen LogP contribution in [0.15, 0.2) is 24.4 Å². The van der Waals surface area contributed by atoms with Gasteiger partial charge in [-0.2, -0.15) is 4.37 Å². The topological polar surface area (TPSA) is 90.1 Å². The van der Waals surface area contributed by atoms with Crippen LogP contribution in [0.25, 0.3) is 0 Å². The molecule has 122 valence electrons. The van der Waals surface area contributed by atoms with Crippen molar-refractivity contribution in [1.82, 2.24) is 9.36 Å². The summed E-state index contributed by atoms with van der Waals surface area (Å²) in [5.74, 6) is 0.957. The van der Waals surface area contributed by atoms with E-state index in [-0.39, 0.29) is 0 Å². The number of hydrogen-bond donors (Lipinski definition) is 2. The van der Waals surface area contributed by atoms with Gasteiger partial charge in [-0.3, -0.25) is 4.79 Å². The minimum atomic E-state index is -0.546. The number of aromatic nitrogens is 2. The van der Waals surface area contributed by atoms with E-state index in [2.05, 4.69) is 14.7 Å². The van der Waals surface area contributed by atoms with Gasteiger partial charge >= 0.3 is 0 Å². The number of anilines is 2. The lowest BCUT2D eigenvalue weighted by Crippen LogP contribution is -2.18. The van der Waals surface area contributed by atoms with Crippen LogP contribution < -0.4 is 15.8 Å². The van der Waals surface area contributed by atoms with E-state index < -0.39 is 5.91 Å². The lowest BCUT2D eigenvalue weighted by Gasteiger charge is -2.21. The fraction of sp³-hybridized carbons (Fsp3) is 0.438. The standard InChI is InChI=1S/C16H20N4O2S/c17-14(21)13-15(22-10-11-6-2-1-3-7-11)20-23-16(13)19-12-8-4-5-9-18-12/h4-5,8-9,11H,1-3,6-7,10H2,(H2,17,21)(H,18,19). The summed E-state index contributed by atoms with van der Waals surface area (Å²) in [7, 11) is 0. The molecule has 0 atom stereocenters. The number of carbonyl (C=O) groups is 1. The summed E-state index contributed by atoms with van der Waals surface area (Å²) >= 11 is 1.16. The Labute approximate surface area is 139 Å². The predicted octanol–water partition coefficient (Wildman–Crippen LogP) is 3.34. The van der Waals surface area contributed by atoms with E-state index in [0.717, 1.165) is 11.5 Å². The first-order valence-electron chi connectivity index (χ1n) is 7.84. The van der Waals surface area contributed by atoms with Gasteiger partial charge in [0.1, 0.15) is 16.4 Å². The van der Waals surface area contributed by atoms with Gasteiger partial charge in [-0.25, -0.2) is 4.98 Å². The van der Waals surface area contributed by atoms with Gasteiger partial charge in [-0.15, -0.1) is 0 Å². The molecule has 1 fully saturated rings. The Balaban J connectivity index is 1.71. The molecule has 3 N–H and O–H groups in total. The second-order valence-electron chi connectivity index (χ2n) is 5.71. The van der Waals surface area contributed by atoms with Crippen LogP contribution in [0.1, 0.15) is 42.5 Å². The summed E-state index contributed by atoms with van der Waals surface area (Å²) in [4.78, 5) is 16.0. The molecule has 0 radical (unpaired) electrons. The molecule has 7 heteroatoms. The molecule has 0 aliphatic heterocycles. The molecule has 1 aliphatic carbocycles. The SMILES string of the molecule is NC(=O)c1c(OCC2CCCCC2)nsc1Nc1ccccn1. The normalized spacial score (nSPS) is 15.3. The average Bonchev–Trinajstić information content (AvgIpc) is 2.98. The molecule has 2 heterocycles. The number of hydrogen-bond acceptors (Lipinski definition) is 6. The molecular formula is C16H20N4O2S. The molecular weight excluding hydrogens is 312 g/mol. The Hall–Kier alpha value is -2.15. The van der Waals surface area contributed by atoms with Crippen LogP contribution in [0.3, 0.4) is 0 Å². The largest absolute Gasteiger partial charge is 0.476 e. The zero-order valence-electron chi connectivity index (χ0n) is 12.8. The van der Waals surface area contributed by atoms with Gasteiger partial charge in [0.15, 0.2) is 0 Å². The van der Waals surface area contributed by atoms with Crippen LogP contribution in [-0.2, 0) is 0 Å². The molecule has 0 bridgehead atoms. The molecule has 6 nitrogen and oxygen atoms in total. The van der Waals surface area contributed by atoms with Crippen molar-refractivity contribution in [3.05, 3.63) is 30.0 Å². The number of nitrogens with two attached hydrogens (primary N) is 1. The van der Waals surface area contributed by atoms with E-state index in [0.29, 0.717) is 34.8 Å². The van der Waals surface area contributed by atoms with Gasteiger partial charge < -0.3 is 15.8 Å². The smallest absolute Gasteiger partial charge is 0.257 e. The molecule has 0 saturated heterocycles. The third-order valence-corrected chi connectivity index (χ3v) is 4.74. The van der Waals surface area contributed by atoms with Crippen LogP contribution in [-0.4, -0.2) is 21.9 Å². The average molecular weight is 332 g/mol. The van der Waals surface area contributed by atoms with Crippen molar-refractivity contribution in [2.75, 3.05) is 11.9 Å². The van der Waals surface area contributed by atoms with Crippen LogP contribution in [0.2, 0.25) is 0 Å². The Morgan fingerprint density at radius 1 is 1.35 bits per heavy atom. The maximum Gasteiger partial charge on any atom is 0.257 e. The first-order chi connectivity index (χ1) is 11.2. The fourth-order valence-electron chi connectivity index (χ4n) is 2.78. The van der Waals surface area contributed by atoms with Crippen LogP contribution in [0.4, 0.5) is 10.8 Å². The second-order valence-corrected chi connectivity index (χ2v) is 6.48. The molecule has 0 aromatic carbocycles. The van der Waals surface area contributed by atoms with Gasteiger partial charge in [-0.05, 0) is 42.4 Å². The number of ether oxygens (including phenoxy) is 1. The van der Waals surface area contributed by atoms with Gasteiger partial charge in [0, 0.05) is 6.20 Å². The predicted molar refractivity (Wildman–Crippen MR) is 90.2 cm³/mol. The first-order valence-corrected chi connectivity index (χ1v) is 8.61. The monoisotopic (exact) mass is 332 g/mol. The number of primary amides is 1. The quantitative estimate of drug-likeness (QED) is 0.846. The van der Waals surface area contributed by atoms with E-state index in [4.69, 9.17) is 10.5 Å². The zero-order valence-corrected chi connectivity index (χ0v) is 13.6. The number of carbonyl (C=O) groups excluding carboxylic acids is 1. The van der Waals surface area contributed by atoms with Crippen molar-refractivity contribution < 1.29 is 9.53 Å². The lowest BCUT2D eigenvalue weighted by atomic mass is 9.90. The molecule has 3 rings (SSSR count). The van der Waals surface area contributed by atoms with E-state index in [1.165, 1.54) is 32.1 Å². The van der Waals surface area contributed by atoms with Crippen molar-refractivity contribution in [3.63, 3.8) is 0 Å². The summed E-state index contributed by atoms with van der Waals surface area (Å²) in [5, 5.41) is 3.64. The number of amides is 1. The molecule has 23 heavy (non-hydrogen) atoms. The molecule has 2 aromatic rings. The maximum atomic E-state index is 11.8. The Morgan fingerprint density at radius 3 is 2.87 bits per heavy atom. The summed E-state index contributed by atoms with van der Waals surface area (Å²) in [6, 6.07) is 5.50. The van der Waals surface area contributed by atoms with Crippen molar-refractivity contribution in [2.45, 2.75) is 32.1 Å². The molecule has 1 saturated carbocycles. The van der Waals surface area contributed by atoms with Gasteiger partial charge in [0.25, 0.3) is 5.91 Å². The fourth-order valence-corrected chi connectivity index (χ4v) is 3.53. The highest BCUT2D eigenvalue weighted by molar-refractivity contribution is 7.11. The number of pyridine rings is 1. The Kier molecular flexibility index (Phi) is 5.07. The summed E-state index contributed by atoms with van der Waals surface area (Å²) in [6.07, 6.45) is 7.83. The van der Waals surface area contributed by atoms with Crippen LogP contribution >= 0.6 is 11.5 Å².